The molecule has 0 heteroatoms. The van der Waals surface area contributed by atoms with E-state index in [-0.39, 0.29) is 5.41 Å². The number of aryl methyl sites for hydroxylation is 2. The monoisotopic (exact) mass is 298 g/mol. The average Bonchev–Trinajstić information content (AvgIpc) is 2.75. The van der Waals surface area contributed by atoms with Crippen molar-refractivity contribution in [3.63, 3.8) is 0 Å². The maximum Gasteiger partial charge on any atom is 0.0159 e. The second-order valence-electron chi connectivity index (χ2n) is 7.31. The third-order valence-electron chi connectivity index (χ3n) is 5.14. The third-order valence-corrected chi connectivity index (χ3v) is 5.14. The lowest BCUT2D eigenvalue weighted by molar-refractivity contribution is 0.660. The molecule has 1 aliphatic rings. The highest BCUT2D eigenvalue weighted by Crippen LogP contribution is 2.49. The summed E-state index contributed by atoms with van der Waals surface area (Å²) >= 11 is 0. The van der Waals surface area contributed by atoms with E-state index in [1.54, 1.807) is 0 Å². The molecule has 0 spiro atoms. The maximum absolute atomic E-state index is 2.39. The van der Waals surface area contributed by atoms with E-state index in [2.05, 4.69) is 88.4 Å². The van der Waals surface area contributed by atoms with Gasteiger partial charge in [-0.1, -0.05) is 79.6 Å². The molecule has 0 saturated heterocycles. The van der Waals surface area contributed by atoms with Gasteiger partial charge < -0.3 is 0 Å². The third kappa shape index (κ3) is 2.13. The van der Waals surface area contributed by atoms with Gasteiger partial charge in [-0.3, -0.25) is 0 Å². The van der Waals surface area contributed by atoms with Crippen molar-refractivity contribution in [2.45, 2.75) is 33.1 Å². The van der Waals surface area contributed by atoms with E-state index < -0.39 is 0 Å². The van der Waals surface area contributed by atoms with Crippen LogP contribution in [0.4, 0.5) is 0 Å². The van der Waals surface area contributed by atoms with E-state index in [0.717, 1.165) is 0 Å². The summed E-state index contributed by atoms with van der Waals surface area (Å²) in [5.74, 6) is 0. The first kappa shape index (κ1) is 14.3. The summed E-state index contributed by atoms with van der Waals surface area (Å²) < 4.78 is 0. The molecule has 0 N–H and O–H groups in total. The molecule has 0 unspecified atom stereocenters. The van der Waals surface area contributed by atoms with Gasteiger partial charge in [0.1, 0.15) is 0 Å². The fourth-order valence-corrected chi connectivity index (χ4v) is 4.03. The zero-order chi connectivity index (χ0) is 16.2. The molecule has 0 atom stereocenters. The minimum Gasteiger partial charge on any atom is -0.0619 e. The van der Waals surface area contributed by atoms with Crippen LogP contribution < -0.4 is 0 Å². The van der Waals surface area contributed by atoms with Crippen molar-refractivity contribution in [3.05, 3.63) is 82.9 Å². The van der Waals surface area contributed by atoms with Crippen molar-refractivity contribution in [3.8, 4) is 22.3 Å². The Kier molecular flexibility index (Phi) is 2.99. The van der Waals surface area contributed by atoms with Crippen molar-refractivity contribution in [2.75, 3.05) is 0 Å². The molecular formula is C23H22. The van der Waals surface area contributed by atoms with Crippen LogP contribution in [0, 0.1) is 13.8 Å². The molecule has 1 aliphatic carbocycles. The van der Waals surface area contributed by atoms with Crippen molar-refractivity contribution >= 4 is 0 Å². The summed E-state index contributed by atoms with van der Waals surface area (Å²) in [6.45, 7) is 9.01. The number of benzene rings is 3. The van der Waals surface area contributed by atoms with E-state index >= 15 is 0 Å². The first-order valence-corrected chi connectivity index (χ1v) is 8.30. The minimum absolute atomic E-state index is 0.0702. The zero-order valence-corrected chi connectivity index (χ0v) is 14.3. The molecule has 23 heavy (non-hydrogen) atoms. The van der Waals surface area contributed by atoms with Gasteiger partial charge in [0, 0.05) is 5.41 Å². The molecule has 4 rings (SSSR count). The predicted octanol–water partition coefficient (Wildman–Crippen LogP) is 6.28. The van der Waals surface area contributed by atoms with Crippen molar-refractivity contribution in [2.24, 2.45) is 0 Å². The molecule has 0 fully saturated rings. The maximum atomic E-state index is 2.39. The Morgan fingerprint density at radius 2 is 1.26 bits per heavy atom. The molecule has 0 bridgehead atoms. The summed E-state index contributed by atoms with van der Waals surface area (Å²) in [4.78, 5) is 0. The van der Waals surface area contributed by atoms with Crippen LogP contribution in [-0.4, -0.2) is 0 Å². The SMILES string of the molecule is Cc1cc(C)cc(-c2ccc3c(c2)C(C)(C)c2ccccc2-3)c1. The number of fused-ring (bicyclic) bond motifs is 3. The van der Waals surface area contributed by atoms with Crippen LogP contribution in [0.15, 0.2) is 60.7 Å². The molecule has 0 heterocycles. The first-order valence-electron chi connectivity index (χ1n) is 8.30. The molecule has 3 aromatic rings. The van der Waals surface area contributed by atoms with E-state index in [1.807, 2.05) is 0 Å². The van der Waals surface area contributed by atoms with Gasteiger partial charge in [-0.2, -0.15) is 0 Å². The smallest absolute Gasteiger partial charge is 0.0159 e. The normalized spacial score (nSPS) is 14.4. The van der Waals surface area contributed by atoms with Crippen LogP contribution in [0.5, 0.6) is 0 Å². The molecular weight excluding hydrogens is 276 g/mol. The summed E-state index contributed by atoms with van der Waals surface area (Å²) in [6.07, 6.45) is 0. The van der Waals surface area contributed by atoms with Crippen molar-refractivity contribution < 1.29 is 0 Å². The summed E-state index contributed by atoms with van der Waals surface area (Å²) in [6, 6.07) is 22.6. The van der Waals surface area contributed by atoms with Crippen LogP contribution in [0.2, 0.25) is 0 Å². The van der Waals surface area contributed by atoms with Gasteiger partial charge in [-0.15, -0.1) is 0 Å². The van der Waals surface area contributed by atoms with Crippen molar-refractivity contribution in [1.29, 1.82) is 0 Å². The molecule has 0 nitrogen and oxygen atoms in total. The summed E-state index contributed by atoms with van der Waals surface area (Å²) in [5.41, 5.74) is 11.0. The fraction of sp³-hybridized carbons (Fsp3) is 0.217. The van der Waals surface area contributed by atoms with E-state index in [1.165, 1.54) is 44.5 Å². The second kappa shape index (κ2) is 4.83. The summed E-state index contributed by atoms with van der Waals surface area (Å²) in [7, 11) is 0. The van der Waals surface area contributed by atoms with Crippen LogP contribution in [0.1, 0.15) is 36.1 Å². The fourth-order valence-electron chi connectivity index (χ4n) is 4.03. The van der Waals surface area contributed by atoms with Gasteiger partial charge in [0.2, 0.25) is 0 Å². The topological polar surface area (TPSA) is 0 Å². The highest BCUT2D eigenvalue weighted by molar-refractivity contribution is 5.83. The largest absolute Gasteiger partial charge is 0.0619 e. The van der Waals surface area contributed by atoms with Crippen LogP contribution in [0.25, 0.3) is 22.3 Å². The molecule has 0 aromatic heterocycles. The molecule has 0 saturated carbocycles. The lowest BCUT2D eigenvalue weighted by Crippen LogP contribution is -2.14. The Morgan fingerprint density at radius 1 is 0.609 bits per heavy atom. The van der Waals surface area contributed by atoms with Gasteiger partial charge in [0.15, 0.2) is 0 Å². The Labute approximate surface area is 138 Å². The number of rotatable bonds is 1. The van der Waals surface area contributed by atoms with Crippen LogP contribution >= 0.6 is 0 Å². The van der Waals surface area contributed by atoms with E-state index in [9.17, 15) is 0 Å². The number of hydrogen-bond donors (Lipinski definition) is 0. The Hall–Kier alpha value is -2.34. The standard InChI is InChI=1S/C23H22/c1-15-11-16(2)13-18(12-15)17-9-10-20-19-7-5-6-8-21(19)23(3,4)22(20)14-17/h5-14H,1-4H3. The average molecular weight is 298 g/mol. The van der Waals surface area contributed by atoms with Crippen LogP contribution in [-0.2, 0) is 5.41 Å². The molecule has 3 aromatic carbocycles. The molecule has 0 aliphatic heterocycles. The zero-order valence-electron chi connectivity index (χ0n) is 14.3. The van der Waals surface area contributed by atoms with E-state index in [0.29, 0.717) is 0 Å². The van der Waals surface area contributed by atoms with Gasteiger partial charge in [-0.25, -0.2) is 0 Å². The second-order valence-corrected chi connectivity index (χ2v) is 7.31. The molecule has 114 valence electrons. The highest BCUT2D eigenvalue weighted by atomic mass is 14.4. The predicted molar refractivity (Wildman–Crippen MR) is 98.9 cm³/mol. The van der Waals surface area contributed by atoms with Gasteiger partial charge in [0.05, 0.1) is 0 Å². The highest BCUT2D eigenvalue weighted by Gasteiger charge is 2.35. The molecule has 0 radical (unpaired) electrons. The Bertz CT molecular complexity index is 893. The molecule has 0 amide bonds. The van der Waals surface area contributed by atoms with Gasteiger partial charge in [-0.05, 0) is 53.3 Å². The quantitative estimate of drug-likeness (QED) is 0.496. The minimum atomic E-state index is 0.0702. The lowest BCUT2D eigenvalue weighted by Gasteiger charge is -2.22. The Balaban J connectivity index is 1.92. The van der Waals surface area contributed by atoms with Gasteiger partial charge >= 0.3 is 0 Å². The Morgan fingerprint density at radius 3 is 2.00 bits per heavy atom. The van der Waals surface area contributed by atoms with Crippen molar-refractivity contribution in [1.82, 2.24) is 0 Å². The first-order chi connectivity index (χ1) is 11.0. The van der Waals surface area contributed by atoms with Crippen LogP contribution in [0.3, 0.4) is 0 Å². The van der Waals surface area contributed by atoms with Gasteiger partial charge in [0.25, 0.3) is 0 Å². The lowest BCUT2D eigenvalue weighted by atomic mass is 9.81. The number of hydrogen-bond acceptors (Lipinski definition) is 0. The summed E-state index contributed by atoms with van der Waals surface area (Å²) in [5, 5.41) is 0. The van der Waals surface area contributed by atoms with E-state index in [4.69, 9.17) is 0 Å².